The van der Waals surface area contributed by atoms with Gasteiger partial charge >= 0.3 is 0 Å². The second kappa shape index (κ2) is 5.40. The first-order chi connectivity index (χ1) is 8.99. The molecule has 1 fully saturated rings. The third-order valence-corrected chi connectivity index (χ3v) is 3.92. The van der Waals surface area contributed by atoms with Gasteiger partial charge in [0.05, 0.1) is 11.0 Å². The average molecular weight is 280 g/mol. The van der Waals surface area contributed by atoms with E-state index in [2.05, 4.69) is 5.32 Å². The molecule has 1 aliphatic rings. The van der Waals surface area contributed by atoms with Crippen LogP contribution in [0.4, 0.5) is 5.69 Å². The van der Waals surface area contributed by atoms with Crippen molar-refractivity contribution in [3.05, 3.63) is 39.4 Å². The number of nitrogens with zero attached hydrogens (tertiary/aromatic N) is 1. The summed E-state index contributed by atoms with van der Waals surface area (Å²) in [5.74, 6) is 0.238. The average Bonchev–Trinajstić information content (AvgIpc) is 2.75. The van der Waals surface area contributed by atoms with E-state index in [1.807, 2.05) is 0 Å². The number of benzene rings is 1. The molecule has 0 bridgehead atoms. The zero-order valence-electron chi connectivity index (χ0n) is 10.2. The highest BCUT2D eigenvalue weighted by Gasteiger charge is 2.27. The van der Waals surface area contributed by atoms with E-state index in [-0.39, 0.29) is 16.4 Å². The Hall–Kier alpha value is -1.89. The Morgan fingerprint density at radius 1 is 1.53 bits per heavy atom. The highest BCUT2D eigenvalue weighted by Crippen LogP contribution is 2.22. The molecule has 0 spiro atoms. The van der Waals surface area contributed by atoms with E-state index in [0.717, 1.165) is 0 Å². The van der Waals surface area contributed by atoms with Gasteiger partial charge in [0.2, 0.25) is 5.12 Å². The number of nitrogens with one attached hydrogen (secondary N) is 1. The van der Waals surface area contributed by atoms with E-state index in [9.17, 15) is 19.7 Å². The fourth-order valence-electron chi connectivity index (χ4n) is 1.82. The number of thioether (sulfide) groups is 1. The third-order valence-electron chi connectivity index (χ3n) is 2.91. The lowest BCUT2D eigenvalue weighted by Gasteiger charge is -2.10. The molecule has 1 heterocycles. The van der Waals surface area contributed by atoms with E-state index in [0.29, 0.717) is 17.7 Å². The van der Waals surface area contributed by atoms with Gasteiger partial charge in [-0.3, -0.25) is 19.7 Å². The molecular weight excluding hydrogens is 268 g/mol. The van der Waals surface area contributed by atoms with Gasteiger partial charge in [0.1, 0.15) is 0 Å². The lowest BCUT2D eigenvalue weighted by atomic mass is 10.1. The van der Waals surface area contributed by atoms with E-state index < -0.39 is 16.9 Å². The summed E-state index contributed by atoms with van der Waals surface area (Å²) in [6, 6.07) is 3.79. The minimum absolute atomic E-state index is 0.0602. The van der Waals surface area contributed by atoms with E-state index in [4.69, 9.17) is 0 Å². The first-order valence-electron chi connectivity index (χ1n) is 5.71. The Balaban J connectivity index is 2.17. The van der Waals surface area contributed by atoms with Crippen LogP contribution in [0.2, 0.25) is 0 Å². The Morgan fingerprint density at radius 2 is 2.26 bits per heavy atom. The summed E-state index contributed by atoms with van der Waals surface area (Å²) in [5.41, 5.74) is 0.593. The predicted molar refractivity (Wildman–Crippen MR) is 71.2 cm³/mol. The summed E-state index contributed by atoms with van der Waals surface area (Å²) in [6.07, 6.45) is 0.600. The first-order valence-corrected chi connectivity index (χ1v) is 6.70. The van der Waals surface area contributed by atoms with Gasteiger partial charge in [0, 0.05) is 22.9 Å². The quantitative estimate of drug-likeness (QED) is 0.672. The first kappa shape index (κ1) is 13.5. The number of carbonyl (C=O) groups excluding carboxylic acids is 2. The van der Waals surface area contributed by atoms with Crippen molar-refractivity contribution >= 4 is 28.5 Å². The van der Waals surface area contributed by atoms with Crippen molar-refractivity contribution in [3.63, 3.8) is 0 Å². The molecule has 1 N–H and O–H groups in total. The molecule has 0 saturated carbocycles. The summed E-state index contributed by atoms with van der Waals surface area (Å²) in [6.45, 7) is 1.61. The van der Waals surface area contributed by atoms with Crippen LogP contribution >= 0.6 is 11.8 Å². The van der Waals surface area contributed by atoms with E-state index in [1.54, 1.807) is 6.92 Å². The van der Waals surface area contributed by atoms with Gasteiger partial charge in [-0.1, -0.05) is 17.8 Å². The van der Waals surface area contributed by atoms with Crippen LogP contribution in [0.5, 0.6) is 0 Å². The standard InChI is InChI=1S/C12H12N2O4S/c1-7-2-3-8(6-10(7)14(17)18)11(15)13-9-4-5-19-12(9)16/h2-3,6,9H,4-5H2,1H3,(H,13,15)/t9-/m1/s1. The Bertz CT molecular complexity index is 559. The second-order valence-electron chi connectivity index (χ2n) is 4.24. The fraction of sp³-hybridized carbons (Fsp3) is 0.333. The molecule has 1 aromatic rings. The third kappa shape index (κ3) is 2.93. The van der Waals surface area contributed by atoms with Crippen LogP contribution in [0.25, 0.3) is 0 Å². The molecule has 1 atom stereocenters. The fourth-order valence-corrected chi connectivity index (χ4v) is 2.75. The normalized spacial score (nSPS) is 18.4. The predicted octanol–water partition coefficient (Wildman–Crippen LogP) is 1.67. The zero-order chi connectivity index (χ0) is 14.0. The van der Waals surface area contributed by atoms with Crippen molar-refractivity contribution in [3.8, 4) is 0 Å². The van der Waals surface area contributed by atoms with Crippen molar-refractivity contribution in [2.75, 3.05) is 5.75 Å². The van der Waals surface area contributed by atoms with Crippen molar-refractivity contribution in [2.24, 2.45) is 0 Å². The summed E-state index contributed by atoms with van der Waals surface area (Å²) in [4.78, 5) is 33.6. The maximum atomic E-state index is 11.9. The maximum Gasteiger partial charge on any atom is 0.273 e. The molecule has 19 heavy (non-hydrogen) atoms. The van der Waals surface area contributed by atoms with Crippen molar-refractivity contribution < 1.29 is 14.5 Å². The molecule has 6 nitrogen and oxygen atoms in total. The zero-order valence-corrected chi connectivity index (χ0v) is 11.0. The van der Waals surface area contributed by atoms with Crippen molar-refractivity contribution in [1.82, 2.24) is 5.32 Å². The molecule has 7 heteroatoms. The molecule has 0 aromatic heterocycles. The van der Waals surface area contributed by atoms with Gasteiger partial charge in [0.15, 0.2) is 0 Å². The largest absolute Gasteiger partial charge is 0.341 e. The number of nitro groups is 1. The Labute approximate surface area is 113 Å². The molecule has 1 aromatic carbocycles. The molecule has 1 saturated heterocycles. The van der Waals surface area contributed by atoms with Crippen LogP contribution in [0.1, 0.15) is 22.3 Å². The lowest BCUT2D eigenvalue weighted by molar-refractivity contribution is -0.385. The number of hydrogen-bond donors (Lipinski definition) is 1. The van der Waals surface area contributed by atoms with Crippen LogP contribution in [0.15, 0.2) is 18.2 Å². The highest BCUT2D eigenvalue weighted by atomic mass is 32.2. The molecule has 2 rings (SSSR count). The molecule has 100 valence electrons. The molecule has 1 aliphatic heterocycles. The number of amides is 1. The van der Waals surface area contributed by atoms with Crippen LogP contribution in [0, 0.1) is 17.0 Å². The van der Waals surface area contributed by atoms with Crippen LogP contribution in [0.3, 0.4) is 0 Å². The van der Waals surface area contributed by atoms with Crippen LogP contribution in [-0.2, 0) is 4.79 Å². The number of carbonyl (C=O) groups is 2. The second-order valence-corrected chi connectivity index (χ2v) is 5.34. The smallest absolute Gasteiger partial charge is 0.273 e. The topological polar surface area (TPSA) is 89.3 Å². The van der Waals surface area contributed by atoms with Gasteiger partial charge in [-0.15, -0.1) is 0 Å². The minimum atomic E-state index is -0.525. The SMILES string of the molecule is Cc1ccc(C(=O)N[C@@H]2CCSC2=O)cc1[N+](=O)[O-]. The van der Waals surface area contributed by atoms with Gasteiger partial charge in [0.25, 0.3) is 11.6 Å². The minimum Gasteiger partial charge on any atom is -0.341 e. The Morgan fingerprint density at radius 3 is 2.84 bits per heavy atom. The van der Waals surface area contributed by atoms with Gasteiger partial charge in [-0.05, 0) is 19.4 Å². The molecule has 1 amide bonds. The molecule has 0 unspecified atom stereocenters. The number of nitro benzene ring substituents is 1. The van der Waals surface area contributed by atoms with Gasteiger partial charge in [-0.25, -0.2) is 0 Å². The molecule has 0 radical (unpaired) electrons. The van der Waals surface area contributed by atoms with Gasteiger partial charge in [-0.2, -0.15) is 0 Å². The Kier molecular flexibility index (Phi) is 3.84. The maximum absolute atomic E-state index is 11.9. The molecule has 0 aliphatic carbocycles. The monoisotopic (exact) mass is 280 g/mol. The number of rotatable bonds is 3. The van der Waals surface area contributed by atoms with Crippen LogP contribution < -0.4 is 5.32 Å². The summed E-state index contributed by atoms with van der Waals surface area (Å²) < 4.78 is 0. The summed E-state index contributed by atoms with van der Waals surface area (Å²) in [7, 11) is 0. The number of hydrogen-bond acceptors (Lipinski definition) is 5. The van der Waals surface area contributed by atoms with Crippen molar-refractivity contribution in [2.45, 2.75) is 19.4 Å². The van der Waals surface area contributed by atoms with E-state index in [1.165, 1.54) is 30.0 Å². The van der Waals surface area contributed by atoms with Gasteiger partial charge < -0.3 is 5.32 Å². The summed E-state index contributed by atoms with van der Waals surface area (Å²) >= 11 is 1.19. The highest BCUT2D eigenvalue weighted by molar-refractivity contribution is 8.14. The van der Waals surface area contributed by atoms with E-state index >= 15 is 0 Å². The number of aryl methyl sites for hydroxylation is 1. The van der Waals surface area contributed by atoms with Crippen molar-refractivity contribution in [1.29, 1.82) is 0 Å². The lowest BCUT2D eigenvalue weighted by Crippen LogP contribution is -2.37. The summed E-state index contributed by atoms with van der Waals surface area (Å²) in [5, 5.41) is 13.3. The molecular formula is C12H12N2O4S. The van der Waals surface area contributed by atoms with Crippen LogP contribution in [-0.4, -0.2) is 27.7 Å².